The van der Waals surface area contributed by atoms with E-state index < -0.39 is 0 Å². The van der Waals surface area contributed by atoms with Gasteiger partial charge in [-0.25, -0.2) is 4.98 Å². The number of hydrogen-bond donors (Lipinski definition) is 1. The zero-order chi connectivity index (χ0) is 18.8. The number of rotatable bonds is 5. The Morgan fingerprint density at radius 2 is 2.08 bits per heavy atom. The maximum atomic E-state index is 12.3. The number of hydrogen-bond acceptors (Lipinski definition) is 4. The molecule has 1 amide bonds. The lowest BCUT2D eigenvalue weighted by Crippen LogP contribution is -2.15. The number of amides is 1. The molecule has 3 rings (SSSR count). The van der Waals surface area contributed by atoms with Crippen molar-refractivity contribution in [2.45, 2.75) is 26.7 Å². The summed E-state index contributed by atoms with van der Waals surface area (Å²) in [6.45, 7) is 3.87. The van der Waals surface area contributed by atoms with Gasteiger partial charge in [0.15, 0.2) is 5.13 Å². The molecule has 0 aliphatic carbocycles. The molecule has 0 aliphatic heterocycles. The molecule has 8 heteroatoms. The van der Waals surface area contributed by atoms with Crippen LogP contribution in [0.25, 0.3) is 0 Å². The smallest absolute Gasteiger partial charge is 0.230 e. The second-order valence-corrected chi connectivity index (χ2v) is 8.00. The molecule has 0 saturated carbocycles. The fraction of sp³-hybridized carbons (Fsp3) is 0.278. The van der Waals surface area contributed by atoms with Crippen molar-refractivity contribution in [1.29, 1.82) is 0 Å². The Bertz CT molecular complexity index is 964. The molecular weight excluding hydrogens is 391 g/mol. The first kappa shape index (κ1) is 18.9. The van der Waals surface area contributed by atoms with Crippen LogP contribution in [0.3, 0.4) is 0 Å². The average Bonchev–Trinajstić information content (AvgIpc) is 3.10. The van der Waals surface area contributed by atoms with Gasteiger partial charge >= 0.3 is 0 Å². The largest absolute Gasteiger partial charge is 0.302 e. The SMILES string of the molecule is Cc1nn(C)c(C)c1CC(=O)Nc1ncc(Cc2ccc(Cl)cc2Cl)s1. The number of nitrogens with one attached hydrogen (secondary N) is 1. The van der Waals surface area contributed by atoms with E-state index in [9.17, 15) is 4.79 Å². The van der Waals surface area contributed by atoms with Crippen molar-refractivity contribution in [3.63, 3.8) is 0 Å². The minimum absolute atomic E-state index is 0.102. The van der Waals surface area contributed by atoms with Gasteiger partial charge in [-0.05, 0) is 31.5 Å². The van der Waals surface area contributed by atoms with Gasteiger partial charge in [0.25, 0.3) is 0 Å². The van der Waals surface area contributed by atoms with Gasteiger partial charge in [-0.15, -0.1) is 11.3 Å². The summed E-state index contributed by atoms with van der Waals surface area (Å²) in [6.07, 6.45) is 2.68. The highest BCUT2D eigenvalue weighted by Crippen LogP contribution is 2.27. The Morgan fingerprint density at radius 3 is 2.73 bits per heavy atom. The van der Waals surface area contributed by atoms with Crippen molar-refractivity contribution in [2.24, 2.45) is 7.05 Å². The number of anilines is 1. The molecule has 0 fully saturated rings. The third-order valence-corrected chi connectivity index (χ3v) is 5.68. The molecule has 1 N–H and O–H groups in total. The van der Waals surface area contributed by atoms with Crippen molar-refractivity contribution in [3.8, 4) is 0 Å². The van der Waals surface area contributed by atoms with Gasteiger partial charge in [0.05, 0.1) is 12.1 Å². The maximum Gasteiger partial charge on any atom is 0.230 e. The minimum atomic E-state index is -0.102. The quantitative estimate of drug-likeness (QED) is 0.672. The molecule has 0 spiro atoms. The number of halogens is 2. The highest BCUT2D eigenvalue weighted by molar-refractivity contribution is 7.15. The minimum Gasteiger partial charge on any atom is -0.302 e. The number of carbonyl (C=O) groups excluding carboxylic acids is 1. The van der Waals surface area contributed by atoms with Crippen LogP contribution in [0.15, 0.2) is 24.4 Å². The Kier molecular flexibility index (Phi) is 5.65. The molecule has 136 valence electrons. The topological polar surface area (TPSA) is 59.8 Å². The lowest BCUT2D eigenvalue weighted by Gasteiger charge is -2.03. The molecule has 0 unspecified atom stereocenters. The zero-order valence-corrected chi connectivity index (χ0v) is 17.0. The number of aromatic nitrogens is 3. The maximum absolute atomic E-state index is 12.3. The Morgan fingerprint density at radius 1 is 1.31 bits per heavy atom. The first-order chi connectivity index (χ1) is 12.3. The van der Waals surface area contributed by atoms with Crippen molar-refractivity contribution >= 4 is 45.6 Å². The van der Waals surface area contributed by atoms with Crippen LogP contribution in [-0.4, -0.2) is 20.7 Å². The van der Waals surface area contributed by atoms with Gasteiger partial charge in [-0.2, -0.15) is 5.10 Å². The summed E-state index contributed by atoms with van der Waals surface area (Å²) in [5.41, 5.74) is 3.79. The summed E-state index contributed by atoms with van der Waals surface area (Å²) in [6, 6.07) is 5.43. The molecule has 0 bridgehead atoms. The van der Waals surface area contributed by atoms with Gasteiger partial charge < -0.3 is 5.32 Å². The standard InChI is InChI=1S/C18H18Cl2N4OS/c1-10-15(11(2)24(3)23-10)8-17(25)22-18-21-9-14(26-18)6-12-4-5-13(19)7-16(12)20/h4-5,7,9H,6,8H2,1-3H3,(H,21,22,25). The first-order valence-corrected chi connectivity index (χ1v) is 9.58. The molecule has 2 heterocycles. The van der Waals surface area contributed by atoms with Crippen molar-refractivity contribution in [3.05, 3.63) is 61.8 Å². The van der Waals surface area contributed by atoms with Crippen LogP contribution in [0.4, 0.5) is 5.13 Å². The van der Waals surface area contributed by atoms with Crippen molar-refractivity contribution < 1.29 is 4.79 Å². The molecule has 2 aromatic heterocycles. The second kappa shape index (κ2) is 7.78. The third-order valence-electron chi connectivity index (χ3n) is 4.18. The lowest BCUT2D eigenvalue weighted by molar-refractivity contribution is -0.115. The molecule has 0 atom stereocenters. The second-order valence-electron chi connectivity index (χ2n) is 6.04. The highest BCUT2D eigenvalue weighted by Gasteiger charge is 2.15. The summed E-state index contributed by atoms with van der Waals surface area (Å²) in [7, 11) is 1.87. The Balaban J connectivity index is 1.65. The van der Waals surface area contributed by atoms with Crippen LogP contribution in [0.1, 0.15) is 27.4 Å². The Labute approximate surface area is 166 Å². The van der Waals surface area contributed by atoms with Crippen molar-refractivity contribution in [1.82, 2.24) is 14.8 Å². The normalized spacial score (nSPS) is 11.0. The molecule has 1 aromatic carbocycles. The fourth-order valence-corrected chi connectivity index (χ4v) is 4.02. The van der Waals surface area contributed by atoms with Gasteiger partial charge in [-0.3, -0.25) is 9.48 Å². The summed E-state index contributed by atoms with van der Waals surface area (Å²) >= 11 is 13.6. The van der Waals surface area contributed by atoms with E-state index in [0.29, 0.717) is 21.6 Å². The van der Waals surface area contributed by atoms with E-state index in [1.165, 1.54) is 11.3 Å². The van der Waals surface area contributed by atoms with Gasteiger partial charge in [0.1, 0.15) is 0 Å². The van der Waals surface area contributed by atoms with E-state index in [1.807, 2.05) is 33.0 Å². The molecule has 0 aliphatic rings. The average molecular weight is 409 g/mol. The van der Waals surface area contributed by atoms with Crippen LogP contribution < -0.4 is 5.32 Å². The first-order valence-electron chi connectivity index (χ1n) is 8.01. The summed E-state index contributed by atoms with van der Waals surface area (Å²) in [4.78, 5) is 17.6. The van der Waals surface area contributed by atoms with E-state index in [2.05, 4.69) is 15.4 Å². The van der Waals surface area contributed by atoms with E-state index in [1.54, 1.807) is 16.9 Å². The van der Waals surface area contributed by atoms with E-state index >= 15 is 0 Å². The molecule has 0 radical (unpaired) electrons. The monoisotopic (exact) mass is 408 g/mol. The third kappa shape index (κ3) is 4.26. The molecule has 26 heavy (non-hydrogen) atoms. The predicted molar refractivity (Wildman–Crippen MR) is 106 cm³/mol. The van der Waals surface area contributed by atoms with Gasteiger partial charge in [0.2, 0.25) is 5.91 Å². The lowest BCUT2D eigenvalue weighted by atomic mass is 10.1. The number of aryl methyl sites for hydroxylation is 2. The number of nitrogens with zero attached hydrogens (tertiary/aromatic N) is 3. The van der Waals surface area contributed by atoms with Crippen LogP contribution in [0, 0.1) is 13.8 Å². The predicted octanol–water partition coefficient (Wildman–Crippen LogP) is 4.57. The van der Waals surface area contributed by atoms with Crippen LogP contribution in [0.5, 0.6) is 0 Å². The van der Waals surface area contributed by atoms with E-state index in [4.69, 9.17) is 23.2 Å². The fourth-order valence-electron chi connectivity index (χ4n) is 2.70. The van der Waals surface area contributed by atoms with Gasteiger partial charge in [0, 0.05) is 45.8 Å². The number of carbonyl (C=O) groups is 1. The van der Waals surface area contributed by atoms with Crippen LogP contribution in [0.2, 0.25) is 10.0 Å². The summed E-state index contributed by atoms with van der Waals surface area (Å²) in [5.74, 6) is -0.102. The summed E-state index contributed by atoms with van der Waals surface area (Å²) < 4.78 is 1.79. The molecular formula is C18H18Cl2N4OS. The highest BCUT2D eigenvalue weighted by atomic mass is 35.5. The van der Waals surface area contributed by atoms with Crippen LogP contribution >= 0.6 is 34.5 Å². The summed E-state index contributed by atoms with van der Waals surface area (Å²) in [5, 5.41) is 9.01. The van der Waals surface area contributed by atoms with E-state index in [-0.39, 0.29) is 12.3 Å². The van der Waals surface area contributed by atoms with Gasteiger partial charge in [-0.1, -0.05) is 29.3 Å². The Hall–Kier alpha value is -1.89. The molecule has 3 aromatic rings. The van der Waals surface area contributed by atoms with Crippen molar-refractivity contribution in [2.75, 3.05) is 5.32 Å². The van der Waals surface area contributed by atoms with Crippen LogP contribution in [-0.2, 0) is 24.7 Å². The molecule has 5 nitrogen and oxygen atoms in total. The number of benzene rings is 1. The zero-order valence-electron chi connectivity index (χ0n) is 14.6. The molecule has 0 saturated heterocycles. The number of thiazole rings is 1. The van der Waals surface area contributed by atoms with E-state index in [0.717, 1.165) is 27.4 Å².